The minimum absolute atomic E-state index is 0.587. The fraction of sp³-hybridized carbons (Fsp3) is 1.00. The van der Waals surface area contributed by atoms with Gasteiger partial charge in [-0.05, 0) is 57.2 Å². The van der Waals surface area contributed by atoms with Gasteiger partial charge in [0.15, 0.2) is 0 Å². The van der Waals surface area contributed by atoms with Crippen molar-refractivity contribution in [2.45, 2.75) is 46.0 Å². The molecule has 1 nitrogen and oxygen atoms in total. The molecule has 1 heterocycles. The Morgan fingerprint density at radius 3 is 2.64 bits per heavy atom. The zero-order chi connectivity index (χ0) is 10.4. The van der Waals surface area contributed by atoms with Crippen LogP contribution in [0.25, 0.3) is 0 Å². The van der Waals surface area contributed by atoms with Crippen LogP contribution in [0.5, 0.6) is 0 Å². The van der Waals surface area contributed by atoms with Gasteiger partial charge in [0, 0.05) is 5.33 Å². The van der Waals surface area contributed by atoms with Gasteiger partial charge in [-0.15, -0.1) is 0 Å². The highest BCUT2D eigenvalue weighted by molar-refractivity contribution is 9.09. The number of alkyl halides is 1. The van der Waals surface area contributed by atoms with E-state index in [1.165, 1.54) is 51.7 Å². The Kier molecular flexibility index (Phi) is 5.47. The molecule has 1 aliphatic heterocycles. The van der Waals surface area contributed by atoms with Crippen molar-refractivity contribution in [3.63, 3.8) is 0 Å². The second-order valence-electron chi connectivity index (χ2n) is 5.26. The molecular formula is C12H24BrN. The van der Waals surface area contributed by atoms with Gasteiger partial charge in [-0.1, -0.05) is 29.8 Å². The first-order valence-corrected chi connectivity index (χ1v) is 7.04. The summed E-state index contributed by atoms with van der Waals surface area (Å²) in [5.74, 6) is 0. The van der Waals surface area contributed by atoms with Gasteiger partial charge in [0.1, 0.15) is 0 Å². The maximum Gasteiger partial charge on any atom is 0.00317 e. The zero-order valence-electron chi connectivity index (χ0n) is 9.69. The molecule has 1 saturated heterocycles. The summed E-state index contributed by atoms with van der Waals surface area (Å²) in [6.07, 6.45) is 6.84. The lowest BCUT2D eigenvalue weighted by atomic mass is 9.85. The van der Waals surface area contributed by atoms with Gasteiger partial charge in [-0.3, -0.25) is 0 Å². The van der Waals surface area contributed by atoms with Crippen molar-refractivity contribution in [2.24, 2.45) is 5.41 Å². The molecular weight excluding hydrogens is 238 g/mol. The Hall–Kier alpha value is 0.440. The van der Waals surface area contributed by atoms with Crippen molar-refractivity contribution < 1.29 is 0 Å². The van der Waals surface area contributed by atoms with E-state index in [2.05, 4.69) is 34.7 Å². The predicted octanol–water partition coefficient (Wildman–Crippen LogP) is 3.67. The number of rotatable bonds is 4. The summed E-state index contributed by atoms with van der Waals surface area (Å²) in [4.78, 5) is 2.65. The van der Waals surface area contributed by atoms with Crippen molar-refractivity contribution in [1.82, 2.24) is 4.90 Å². The first-order valence-electron chi connectivity index (χ1n) is 5.92. The van der Waals surface area contributed by atoms with E-state index in [0.717, 1.165) is 5.33 Å². The summed E-state index contributed by atoms with van der Waals surface area (Å²) < 4.78 is 0. The third kappa shape index (κ3) is 4.79. The van der Waals surface area contributed by atoms with Crippen molar-refractivity contribution in [3.8, 4) is 0 Å². The highest BCUT2D eigenvalue weighted by Gasteiger charge is 2.22. The minimum Gasteiger partial charge on any atom is -0.303 e. The molecule has 0 unspecified atom stereocenters. The highest BCUT2D eigenvalue weighted by atomic mass is 79.9. The first-order chi connectivity index (χ1) is 6.64. The van der Waals surface area contributed by atoms with Crippen molar-refractivity contribution in [1.29, 1.82) is 0 Å². The van der Waals surface area contributed by atoms with Gasteiger partial charge in [0.25, 0.3) is 0 Å². The molecule has 84 valence electrons. The number of halogens is 1. The van der Waals surface area contributed by atoms with Crippen LogP contribution >= 0.6 is 15.9 Å². The smallest absolute Gasteiger partial charge is 0.00317 e. The van der Waals surface area contributed by atoms with Crippen LogP contribution in [-0.2, 0) is 0 Å². The molecule has 1 fully saturated rings. The van der Waals surface area contributed by atoms with Crippen LogP contribution in [-0.4, -0.2) is 29.9 Å². The highest BCUT2D eigenvalue weighted by Crippen LogP contribution is 2.29. The topological polar surface area (TPSA) is 3.24 Å². The maximum atomic E-state index is 3.49. The SMILES string of the molecule is CC1(C)CCCN(CCCCBr)CC1. The Labute approximate surface area is 97.4 Å². The number of hydrogen-bond donors (Lipinski definition) is 0. The molecule has 0 amide bonds. The van der Waals surface area contributed by atoms with Crippen molar-refractivity contribution in [2.75, 3.05) is 25.0 Å². The molecule has 2 heteroatoms. The third-order valence-corrected chi connectivity index (χ3v) is 3.85. The lowest BCUT2D eigenvalue weighted by molar-refractivity contribution is 0.259. The van der Waals surface area contributed by atoms with Gasteiger partial charge in [-0.2, -0.15) is 0 Å². The molecule has 1 rings (SSSR count). The monoisotopic (exact) mass is 261 g/mol. The van der Waals surface area contributed by atoms with E-state index >= 15 is 0 Å². The molecule has 0 bridgehead atoms. The van der Waals surface area contributed by atoms with Crippen LogP contribution in [0.15, 0.2) is 0 Å². The van der Waals surface area contributed by atoms with Gasteiger partial charge in [0.05, 0.1) is 0 Å². The van der Waals surface area contributed by atoms with Crippen LogP contribution in [0, 0.1) is 5.41 Å². The first kappa shape index (κ1) is 12.5. The standard InChI is InChI=1S/C12H24BrN/c1-12(2)6-5-10-14(11-7-12)9-4-3-8-13/h3-11H2,1-2H3. The van der Waals surface area contributed by atoms with Crippen LogP contribution in [0.2, 0.25) is 0 Å². The molecule has 1 aliphatic rings. The Morgan fingerprint density at radius 2 is 1.93 bits per heavy atom. The zero-order valence-corrected chi connectivity index (χ0v) is 11.3. The molecule has 0 atom stereocenters. The normalized spacial score (nSPS) is 23.4. The van der Waals surface area contributed by atoms with E-state index < -0.39 is 0 Å². The van der Waals surface area contributed by atoms with E-state index in [-0.39, 0.29) is 0 Å². The largest absolute Gasteiger partial charge is 0.303 e. The third-order valence-electron chi connectivity index (χ3n) is 3.29. The fourth-order valence-corrected chi connectivity index (χ4v) is 2.53. The summed E-state index contributed by atoms with van der Waals surface area (Å²) in [6.45, 7) is 8.77. The Balaban J connectivity index is 2.21. The number of likely N-dealkylation sites (tertiary alicyclic amines) is 1. The van der Waals surface area contributed by atoms with Gasteiger partial charge in [0.2, 0.25) is 0 Å². The number of unbranched alkanes of at least 4 members (excludes halogenated alkanes) is 1. The predicted molar refractivity (Wildman–Crippen MR) is 67.1 cm³/mol. The quantitative estimate of drug-likeness (QED) is 0.552. The summed E-state index contributed by atoms with van der Waals surface area (Å²) in [6, 6.07) is 0. The van der Waals surface area contributed by atoms with Crippen LogP contribution in [0.4, 0.5) is 0 Å². The van der Waals surface area contributed by atoms with Crippen LogP contribution < -0.4 is 0 Å². The average Bonchev–Trinajstić information content (AvgIpc) is 2.28. The van der Waals surface area contributed by atoms with E-state index in [1.54, 1.807) is 0 Å². The van der Waals surface area contributed by atoms with Crippen LogP contribution in [0.3, 0.4) is 0 Å². The van der Waals surface area contributed by atoms with E-state index in [9.17, 15) is 0 Å². The average molecular weight is 262 g/mol. The summed E-state index contributed by atoms with van der Waals surface area (Å²) in [7, 11) is 0. The van der Waals surface area contributed by atoms with E-state index in [0.29, 0.717) is 5.41 Å². The molecule has 0 aromatic heterocycles. The van der Waals surface area contributed by atoms with Crippen molar-refractivity contribution in [3.05, 3.63) is 0 Å². The lowest BCUT2D eigenvalue weighted by Gasteiger charge is -2.23. The maximum absolute atomic E-state index is 3.49. The summed E-state index contributed by atoms with van der Waals surface area (Å²) in [5.41, 5.74) is 0.587. The number of nitrogens with zero attached hydrogens (tertiary/aromatic N) is 1. The molecule has 0 saturated carbocycles. The van der Waals surface area contributed by atoms with Gasteiger partial charge in [-0.25, -0.2) is 0 Å². The minimum atomic E-state index is 0.587. The lowest BCUT2D eigenvalue weighted by Crippen LogP contribution is -2.26. The second kappa shape index (κ2) is 6.12. The molecule has 0 radical (unpaired) electrons. The van der Waals surface area contributed by atoms with E-state index in [4.69, 9.17) is 0 Å². The van der Waals surface area contributed by atoms with Gasteiger partial charge < -0.3 is 4.90 Å². The molecule has 0 aromatic carbocycles. The summed E-state index contributed by atoms with van der Waals surface area (Å²) >= 11 is 3.49. The Morgan fingerprint density at radius 1 is 1.14 bits per heavy atom. The van der Waals surface area contributed by atoms with Crippen LogP contribution in [0.1, 0.15) is 46.0 Å². The molecule has 14 heavy (non-hydrogen) atoms. The fourth-order valence-electron chi connectivity index (χ4n) is 2.13. The molecule has 0 N–H and O–H groups in total. The van der Waals surface area contributed by atoms with Crippen molar-refractivity contribution >= 4 is 15.9 Å². The summed E-state index contributed by atoms with van der Waals surface area (Å²) in [5, 5.41) is 1.16. The molecule has 0 aromatic rings. The number of hydrogen-bond acceptors (Lipinski definition) is 1. The Bertz CT molecular complexity index is 156. The molecule has 0 spiro atoms. The molecule has 0 aliphatic carbocycles. The van der Waals surface area contributed by atoms with E-state index in [1.807, 2.05) is 0 Å². The second-order valence-corrected chi connectivity index (χ2v) is 6.05. The van der Waals surface area contributed by atoms with Gasteiger partial charge >= 0.3 is 0 Å².